The maximum atomic E-state index is 15.0. The van der Waals surface area contributed by atoms with Crippen LogP contribution in [0.3, 0.4) is 0 Å². The first-order valence-electron chi connectivity index (χ1n) is 7.52. The summed E-state index contributed by atoms with van der Waals surface area (Å²) < 4.78 is 34.7. The predicted molar refractivity (Wildman–Crippen MR) is 86.6 cm³/mol. The molecule has 0 fully saturated rings. The second-order valence-corrected chi connectivity index (χ2v) is 5.54. The van der Waals surface area contributed by atoms with Gasteiger partial charge in [0, 0.05) is 11.8 Å². The largest absolute Gasteiger partial charge is 0.350 e. The first kappa shape index (κ1) is 15.3. The van der Waals surface area contributed by atoms with E-state index in [2.05, 4.69) is 15.1 Å². The van der Waals surface area contributed by atoms with E-state index in [0.717, 1.165) is 0 Å². The fourth-order valence-corrected chi connectivity index (χ4v) is 2.74. The van der Waals surface area contributed by atoms with Crippen LogP contribution in [0.15, 0.2) is 64.1 Å². The van der Waals surface area contributed by atoms with Crippen LogP contribution in [0.4, 0.5) is 8.78 Å². The van der Waals surface area contributed by atoms with E-state index in [4.69, 9.17) is 4.52 Å². The first-order chi connectivity index (χ1) is 12.1. The van der Waals surface area contributed by atoms with Crippen molar-refractivity contribution in [2.24, 2.45) is 4.99 Å². The number of alkyl halides is 2. The van der Waals surface area contributed by atoms with Crippen molar-refractivity contribution in [2.75, 3.05) is 0 Å². The smallest absolute Gasteiger partial charge is 0.332 e. The van der Waals surface area contributed by atoms with Crippen molar-refractivity contribution in [3.8, 4) is 0 Å². The first-order valence-corrected chi connectivity index (χ1v) is 7.52. The van der Waals surface area contributed by atoms with E-state index >= 15 is 0 Å². The summed E-state index contributed by atoms with van der Waals surface area (Å²) in [6, 6.07) is 11.4. The highest BCUT2D eigenvalue weighted by Gasteiger charge is 2.42. The van der Waals surface area contributed by atoms with Gasteiger partial charge >= 0.3 is 11.8 Å². The van der Waals surface area contributed by atoms with Crippen molar-refractivity contribution >= 4 is 22.9 Å². The molecule has 0 saturated carbocycles. The molecule has 124 valence electrons. The summed E-state index contributed by atoms with van der Waals surface area (Å²) in [5, 5.41) is 4.63. The minimum atomic E-state index is -3.49. The molecule has 1 unspecified atom stereocenters. The van der Waals surface area contributed by atoms with Gasteiger partial charge < -0.3 is 4.52 Å². The summed E-state index contributed by atoms with van der Waals surface area (Å²) in [4.78, 5) is 19.1. The van der Waals surface area contributed by atoms with Gasteiger partial charge in [0.1, 0.15) is 5.92 Å². The van der Waals surface area contributed by atoms with Gasteiger partial charge in [0.15, 0.2) is 5.82 Å². The van der Waals surface area contributed by atoms with Gasteiger partial charge in [-0.05, 0) is 16.8 Å². The van der Waals surface area contributed by atoms with Gasteiger partial charge in [0.2, 0.25) is 0 Å². The topological polar surface area (TPSA) is 68.3 Å². The number of benzene rings is 2. The zero-order valence-electron chi connectivity index (χ0n) is 12.8. The Balaban J connectivity index is 1.77. The Labute approximate surface area is 140 Å². The molecular weight excluding hydrogens is 328 g/mol. The summed E-state index contributed by atoms with van der Waals surface area (Å²) in [6.07, 6.45) is 4.34. The number of aliphatic imine (C=N–C) groups is 1. The van der Waals surface area contributed by atoms with Gasteiger partial charge in [-0.2, -0.15) is 13.8 Å². The molecule has 4 rings (SSSR count). The molecule has 2 heterocycles. The lowest BCUT2D eigenvalue weighted by Crippen LogP contribution is -2.17. The van der Waals surface area contributed by atoms with E-state index in [1.807, 2.05) is 0 Å². The summed E-state index contributed by atoms with van der Waals surface area (Å²) >= 11 is 0. The van der Waals surface area contributed by atoms with Crippen molar-refractivity contribution in [3.63, 3.8) is 0 Å². The van der Waals surface area contributed by atoms with Crippen LogP contribution in [0.2, 0.25) is 0 Å². The molecule has 1 aliphatic heterocycles. The number of dihydropyridines is 1. The monoisotopic (exact) mass is 339 g/mol. The normalized spacial score (nSPS) is 17.4. The lowest BCUT2D eigenvalue weighted by atomic mass is 9.99. The number of aromatic nitrogens is 2. The van der Waals surface area contributed by atoms with Crippen molar-refractivity contribution in [3.05, 3.63) is 71.9 Å². The Bertz CT molecular complexity index is 1020. The summed E-state index contributed by atoms with van der Waals surface area (Å²) in [5.41, 5.74) is -0.232. The lowest BCUT2D eigenvalue weighted by molar-refractivity contribution is -0.118. The minimum Gasteiger partial charge on any atom is -0.332 e. The quantitative estimate of drug-likeness (QED) is 0.731. The fourth-order valence-electron chi connectivity index (χ4n) is 2.74. The standard InChI is InChI=1S/C18H11F2N3O2/c19-18(20,14-9-3-6-11-5-1-2-7-12(11)14)17-22-15(23-25-17)13-8-4-10-21-16(13)24/h1-10,13H. The van der Waals surface area contributed by atoms with Crippen LogP contribution in [0, 0.1) is 0 Å². The zero-order chi connectivity index (χ0) is 17.4. The molecule has 5 nitrogen and oxygen atoms in total. The molecule has 3 aromatic rings. The molecule has 7 heteroatoms. The summed E-state index contributed by atoms with van der Waals surface area (Å²) in [7, 11) is 0. The lowest BCUT2D eigenvalue weighted by Gasteiger charge is -2.14. The van der Waals surface area contributed by atoms with Crippen LogP contribution in [0.1, 0.15) is 23.2 Å². The number of fused-ring (bicyclic) bond motifs is 1. The molecule has 1 atom stereocenters. The Kier molecular flexibility index (Phi) is 3.49. The van der Waals surface area contributed by atoms with Crippen LogP contribution in [0.25, 0.3) is 10.8 Å². The molecule has 25 heavy (non-hydrogen) atoms. The Morgan fingerprint density at radius 3 is 2.72 bits per heavy atom. The third-order valence-corrected chi connectivity index (χ3v) is 3.97. The van der Waals surface area contributed by atoms with Crippen molar-refractivity contribution in [2.45, 2.75) is 11.8 Å². The van der Waals surface area contributed by atoms with Gasteiger partial charge in [-0.15, -0.1) is 0 Å². The Hall–Kier alpha value is -3.22. The van der Waals surface area contributed by atoms with E-state index in [0.29, 0.717) is 10.8 Å². The summed E-state index contributed by atoms with van der Waals surface area (Å²) in [6.45, 7) is 0. The predicted octanol–water partition coefficient (Wildman–Crippen LogP) is 3.61. The number of halogens is 2. The highest BCUT2D eigenvalue weighted by molar-refractivity contribution is 5.96. The second-order valence-electron chi connectivity index (χ2n) is 5.54. The van der Waals surface area contributed by atoms with Gasteiger partial charge in [-0.3, -0.25) is 4.79 Å². The van der Waals surface area contributed by atoms with E-state index < -0.39 is 23.6 Å². The minimum absolute atomic E-state index is 0.131. The van der Waals surface area contributed by atoms with Crippen LogP contribution < -0.4 is 0 Å². The molecule has 0 radical (unpaired) electrons. The molecule has 0 saturated heterocycles. The van der Waals surface area contributed by atoms with Crippen molar-refractivity contribution in [1.82, 2.24) is 10.1 Å². The van der Waals surface area contributed by atoms with Crippen LogP contribution in [-0.4, -0.2) is 22.3 Å². The van der Waals surface area contributed by atoms with Crippen molar-refractivity contribution in [1.29, 1.82) is 0 Å². The van der Waals surface area contributed by atoms with Crippen LogP contribution >= 0.6 is 0 Å². The number of rotatable bonds is 3. The molecule has 0 aliphatic carbocycles. The van der Waals surface area contributed by atoms with Crippen molar-refractivity contribution < 1.29 is 18.1 Å². The number of nitrogens with zero attached hydrogens (tertiary/aromatic N) is 3. The maximum absolute atomic E-state index is 15.0. The van der Waals surface area contributed by atoms with E-state index in [9.17, 15) is 13.6 Å². The average Bonchev–Trinajstić information content (AvgIpc) is 3.12. The van der Waals surface area contributed by atoms with Crippen LogP contribution in [0.5, 0.6) is 0 Å². The zero-order valence-corrected chi connectivity index (χ0v) is 12.8. The van der Waals surface area contributed by atoms with Crippen LogP contribution in [-0.2, 0) is 10.7 Å². The third kappa shape index (κ3) is 2.53. The van der Waals surface area contributed by atoms with Gasteiger partial charge in [0.05, 0.1) is 0 Å². The molecule has 0 N–H and O–H groups in total. The number of hydrogen-bond donors (Lipinski definition) is 0. The van der Waals surface area contributed by atoms with Gasteiger partial charge in [0.25, 0.3) is 5.91 Å². The van der Waals surface area contributed by atoms with Gasteiger partial charge in [-0.25, -0.2) is 4.99 Å². The molecule has 0 bridgehead atoms. The van der Waals surface area contributed by atoms with E-state index in [1.54, 1.807) is 36.4 Å². The highest BCUT2D eigenvalue weighted by atomic mass is 19.3. The average molecular weight is 339 g/mol. The second kappa shape index (κ2) is 5.70. The number of allylic oxidation sites excluding steroid dienone is 1. The molecule has 0 spiro atoms. The number of amides is 1. The third-order valence-electron chi connectivity index (χ3n) is 3.97. The van der Waals surface area contributed by atoms with E-state index in [1.165, 1.54) is 24.4 Å². The van der Waals surface area contributed by atoms with Gasteiger partial charge in [-0.1, -0.05) is 53.7 Å². The SMILES string of the molecule is O=C1N=CC=CC1c1noc(C(F)(F)c2cccc3ccccc23)n1. The number of hydrogen-bond acceptors (Lipinski definition) is 4. The molecule has 1 aromatic heterocycles. The molecular formula is C18H11F2N3O2. The number of carbonyl (C=O) groups is 1. The highest BCUT2D eigenvalue weighted by Crippen LogP contribution is 2.39. The maximum Gasteiger partial charge on any atom is 0.350 e. The number of carbonyl (C=O) groups excluding carboxylic acids is 1. The van der Waals surface area contributed by atoms with E-state index in [-0.39, 0.29) is 11.4 Å². The molecule has 1 amide bonds. The molecule has 2 aromatic carbocycles. The molecule has 1 aliphatic rings. The summed E-state index contributed by atoms with van der Waals surface area (Å²) in [5.74, 6) is -5.91. The Morgan fingerprint density at radius 1 is 1.08 bits per heavy atom. The fraction of sp³-hybridized carbons (Fsp3) is 0.111. The Morgan fingerprint density at radius 2 is 1.88 bits per heavy atom.